The molecular weight excluding hydrogens is 434 g/mol. The fraction of sp³-hybridized carbons (Fsp3) is 0.346. The van der Waals surface area contributed by atoms with Gasteiger partial charge in [-0.25, -0.2) is 0 Å². The van der Waals surface area contributed by atoms with Crippen LogP contribution in [0.3, 0.4) is 0 Å². The Morgan fingerprint density at radius 3 is 2.12 bits per heavy atom. The number of non-ortho nitro benzene ring substituents is 1. The molecule has 3 amide bonds. The van der Waals surface area contributed by atoms with E-state index in [1.807, 2.05) is 30.3 Å². The van der Waals surface area contributed by atoms with E-state index in [9.17, 15) is 24.5 Å². The second kappa shape index (κ2) is 7.62. The molecule has 1 N–H and O–H groups in total. The molecule has 4 aliphatic carbocycles. The number of anilines is 1. The number of benzene rings is 2. The van der Waals surface area contributed by atoms with Crippen LogP contribution in [0.5, 0.6) is 0 Å². The fourth-order valence-corrected chi connectivity index (χ4v) is 6.32. The van der Waals surface area contributed by atoms with Crippen LogP contribution < -0.4 is 5.32 Å². The Kier molecular flexibility index (Phi) is 4.65. The molecule has 7 rings (SSSR count). The molecule has 7 atom stereocenters. The number of amides is 3. The van der Waals surface area contributed by atoms with Gasteiger partial charge in [-0.2, -0.15) is 0 Å². The molecule has 2 aromatic carbocycles. The van der Waals surface area contributed by atoms with Gasteiger partial charge >= 0.3 is 0 Å². The third-order valence-corrected chi connectivity index (χ3v) is 7.93. The summed E-state index contributed by atoms with van der Waals surface area (Å²) in [5.41, 5.74) is 1.12. The summed E-state index contributed by atoms with van der Waals surface area (Å²) in [5.74, 6) is -0.618. The molecule has 5 aliphatic rings. The molecule has 8 nitrogen and oxygen atoms in total. The van der Waals surface area contributed by atoms with E-state index in [1.165, 1.54) is 29.2 Å². The van der Waals surface area contributed by atoms with Crippen LogP contribution in [0.2, 0.25) is 0 Å². The number of allylic oxidation sites excluding steroid dienone is 2. The summed E-state index contributed by atoms with van der Waals surface area (Å²) in [7, 11) is 0. The predicted molar refractivity (Wildman–Crippen MR) is 122 cm³/mol. The first-order valence-electron chi connectivity index (χ1n) is 11.6. The Bertz CT molecular complexity index is 1190. The first-order chi connectivity index (χ1) is 16.4. The van der Waals surface area contributed by atoms with Crippen LogP contribution in [0.1, 0.15) is 12.0 Å². The smallest absolute Gasteiger partial charge is 0.269 e. The second-order valence-corrected chi connectivity index (χ2v) is 9.70. The first kappa shape index (κ1) is 20.8. The first-order valence-corrected chi connectivity index (χ1v) is 11.6. The average molecular weight is 457 g/mol. The van der Waals surface area contributed by atoms with Crippen LogP contribution in [0, 0.1) is 45.6 Å². The molecular formula is C26H23N3O5. The molecule has 2 aromatic rings. The zero-order chi connectivity index (χ0) is 23.6. The molecule has 0 aromatic heterocycles. The number of hydrogen-bond donors (Lipinski definition) is 1. The highest BCUT2D eigenvalue weighted by atomic mass is 16.6. The Balaban J connectivity index is 1.30. The third-order valence-electron chi connectivity index (χ3n) is 7.93. The number of nitro groups is 1. The summed E-state index contributed by atoms with van der Waals surface area (Å²) in [6, 6.07) is 13.8. The Labute approximate surface area is 195 Å². The van der Waals surface area contributed by atoms with Crippen molar-refractivity contribution in [3.63, 3.8) is 0 Å². The van der Waals surface area contributed by atoms with Crippen molar-refractivity contribution in [2.24, 2.45) is 35.5 Å². The molecule has 1 aliphatic heterocycles. The lowest BCUT2D eigenvalue weighted by atomic mass is 9.63. The van der Waals surface area contributed by atoms with E-state index in [1.54, 1.807) is 0 Å². The van der Waals surface area contributed by atoms with Gasteiger partial charge in [0.2, 0.25) is 17.7 Å². The van der Waals surface area contributed by atoms with Crippen LogP contribution in [-0.4, -0.2) is 33.6 Å². The monoisotopic (exact) mass is 457 g/mol. The lowest BCUT2D eigenvalue weighted by Crippen LogP contribution is -2.49. The van der Waals surface area contributed by atoms with Gasteiger partial charge in [0.15, 0.2) is 0 Å². The van der Waals surface area contributed by atoms with Crippen molar-refractivity contribution in [1.82, 2.24) is 4.90 Å². The number of nitrogens with one attached hydrogen (secondary N) is 1. The Morgan fingerprint density at radius 1 is 0.971 bits per heavy atom. The molecule has 1 saturated heterocycles. The van der Waals surface area contributed by atoms with Gasteiger partial charge in [0.05, 0.1) is 16.8 Å². The van der Waals surface area contributed by atoms with Crippen molar-refractivity contribution in [3.8, 4) is 0 Å². The SMILES string of the molecule is O=C(Nc1ccc([N+](=O)[O-])cc1)[C@H](Cc1ccccc1)N1C(=O)[C@@H]2[C@@H]3C=C[C@H]([C@H]4C[C@H]34)[C@@H]2C1=O. The standard InChI is InChI=1S/C26H23N3O5/c30-24(27-15-6-8-16(9-7-15)29(33)34)21(12-14-4-2-1-3-5-14)28-25(31)22-17-10-11-18(20-13-19(17)20)23(22)26(28)32/h1-11,17-23H,12-13H2,(H,27,30)/t17-,18-,19-,20-,21+,22-,23+/m1/s1. The van der Waals surface area contributed by atoms with Crippen LogP contribution in [-0.2, 0) is 20.8 Å². The summed E-state index contributed by atoms with van der Waals surface area (Å²) >= 11 is 0. The summed E-state index contributed by atoms with van der Waals surface area (Å²) in [4.78, 5) is 52.3. The summed E-state index contributed by atoms with van der Waals surface area (Å²) in [6.45, 7) is 0. The maximum atomic E-state index is 13.6. The summed E-state index contributed by atoms with van der Waals surface area (Å²) < 4.78 is 0. The summed E-state index contributed by atoms with van der Waals surface area (Å²) in [5, 5.41) is 13.7. The van der Waals surface area contributed by atoms with E-state index in [0.29, 0.717) is 17.5 Å². The maximum Gasteiger partial charge on any atom is 0.269 e. The summed E-state index contributed by atoms with van der Waals surface area (Å²) in [6.07, 6.45) is 5.49. The van der Waals surface area contributed by atoms with E-state index >= 15 is 0 Å². The molecule has 8 heteroatoms. The van der Waals surface area contributed by atoms with Crippen LogP contribution in [0.4, 0.5) is 11.4 Å². The van der Waals surface area contributed by atoms with Crippen molar-refractivity contribution in [2.75, 3.05) is 5.32 Å². The van der Waals surface area contributed by atoms with E-state index < -0.39 is 16.9 Å². The Hall–Kier alpha value is -3.81. The zero-order valence-corrected chi connectivity index (χ0v) is 18.2. The van der Waals surface area contributed by atoms with E-state index in [0.717, 1.165) is 12.0 Å². The topological polar surface area (TPSA) is 110 Å². The number of hydrogen-bond acceptors (Lipinski definition) is 5. The highest BCUT2D eigenvalue weighted by Crippen LogP contribution is 2.65. The predicted octanol–water partition coefficient (Wildman–Crippen LogP) is 3.20. The lowest BCUT2D eigenvalue weighted by Gasteiger charge is -2.37. The number of carbonyl (C=O) groups is 3. The molecule has 2 saturated carbocycles. The number of likely N-dealkylation sites (tertiary alicyclic amines) is 1. The highest BCUT2D eigenvalue weighted by Gasteiger charge is 2.67. The minimum absolute atomic E-state index is 0.0801. The molecule has 2 bridgehead atoms. The molecule has 0 spiro atoms. The van der Waals surface area contributed by atoms with Gasteiger partial charge in [-0.1, -0.05) is 42.5 Å². The number of nitrogens with zero attached hydrogens (tertiary/aromatic N) is 2. The van der Waals surface area contributed by atoms with Gasteiger partial charge < -0.3 is 5.32 Å². The van der Waals surface area contributed by atoms with Gasteiger partial charge in [-0.15, -0.1) is 0 Å². The largest absolute Gasteiger partial charge is 0.324 e. The maximum absolute atomic E-state index is 13.6. The van der Waals surface area contributed by atoms with Crippen molar-refractivity contribution in [1.29, 1.82) is 0 Å². The quantitative estimate of drug-likeness (QED) is 0.310. The number of nitro benzene ring substituents is 1. The van der Waals surface area contributed by atoms with Crippen LogP contribution in [0.15, 0.2) is 66.7 Å². The third kappa shape index (κ3) is 3.16. The number of rotatable bonds is 6. The van der Waals surface area contributed by atoms with Gasteiger partial charge in [-0.3, -0.25) is 29.4 Å². The lowest BCUT2D eigenvalue weighted by molar-refractivity contribution is -0.384. The second-order valence-electron chi connectivity index (χ2n) is 9.70. The molecule has 172 valence electrons. The van der Waals surface area contributed by atoms with E-state index in [-0.39, 0.29) is 47.6 Å². The van der Waals surface area contributed by atoms with Crippen molar-refractivity contribution < 1.29 is 19.3 Å². The van der Waals surface area contributed by atoms with Crippen molar-refractivity contribution in [3.05, 3.63) is 82.4 Å². The van der Waals surface area contributed by atoms with Crippen molar-refractivity contribution >= 4 is 29.1 Å². The number of carbonyl (C=O) groups excluding carboxylic acids is 3. The average Bonchev–Trinajstić information content (AvgIpc) is 3.62. The molecule has 1 heterocycles. The van der Waals surface area contributed by atoms with Gasteiger partial charge in [0.25, 0.3) is 5.69 Å². The van der Waals surface area contributed by atoms with Crippen LogP contribution >= 0.6 is 0 Å². The molecule has 0 radical (unpaired) electrons. The van der Waals surface area contributed by atoms with Crippen LogP contribution in [0.25, 0.3) is 0 Å². The number of imide groups is 1. The van der Waals surface area contributed by atoms with E-state index in [4.69, 9.17) is 0 Å². The van der Waals surface area contributed by atoms with Gasteiger partial charge in [0.1, 0.15) is 6.04 Å². The zero-order valence-electron chi connectivity index (χ0n) is 18.2. The minimum Gasteiger partial charge on any atom is -0.324 e. The fourth-order valence-electron chi connectivity index (χ4n) is 6.32. The minimum atomic E-state index is -1.00. The van der Waals surface area contributed by atoms with Gasteiger partial charge in [-0.05, 0) is 47.8 Å². The van der Waals surface area contributed by atoms with Crippen molar-refractivity contribution in [2.45, 2.75) is 18.9 Å². The Morgan fingerprint density at radius 2 is 1.56 bits per heavy atom. The van der Waals surface area contributed by atoms with E-state index in [2.05, 4.69) is 17.5 Å². The molecule has 34 heavy (non-hydrogen) atoms. The van der Waals surface area contributed by atoms with Gasteiger partial charge in [0, 0.05) is 24.2 Å². The molecule has 0 unspecified atom stereocenters. The normalized spacial score (nSPS) is 31.1. The molecule has 3 fully saturated rings. The highest BCUT2D eigenvalue weighted by molar-refractivity contribution is 6.10.